The highest BCUT2D eigenvalue weighted by molar-refractivity contribution is 7.90. The van der Waals surface area contributed by atoms with E-state index in [1.807, 2.05) is 20.8 Å². The number of methoxy groups -OCH3 is 1. The molecular formula is C30H30Cl2F3N7O7S. The van der Waals surface area contributed by atoms with Gasteiger partial charge in [0.25, 0.3) is 10.0 Å². The van der Waals surface area contributed by atoms with Gasteiger partial charge in [-0.3, -0.25) is 5.32 Å². The summed E-state index contributed by atoms with van der Waals surface area (Å²) >= 11 is 12.2. The maximum absolute atomic E-state index is 12.5. The van der Waals surface area contributed by atoms with Gasteiger partial charge in [-0.2, -0.15) is 32.8 Å². The van der Waals surface area contributed by atoms with Gasteiger partial charge in [-0.15, -0.1) is 11.5 Å². The van der Waals surface area contributed by atoms with Crippen molar-refractivity contribution in [1.82, 2.24) is 29.5 Å². The molecule has 0 saturated heterocycles. The van der Waals surface area contributed by atoms with Crippen LogP contribution in [-0.2, 0) is 21.9 Å². The molecule has 0 unspecified atom stereocenters. The van der Waals surface area contributed by atoms with Gasteiger partial charge < -0.3 is 13.9 Å². The Morgan fingerprint density at radius 2 is 1.78 bits per heavy atom. The number of halogens is 5. The monoisotopic (exact) mass is 759 g/mol. The third kappa shape index (κ3) is 11.1. The third-order valence-electron chi connectivity index (χ3n) is 6.03. The van der Waals surface area contributed by atoms with E-state index in [0.717, 1.165) is 10.7 Å². The summed E-state index contributed by atoms with van der Waals surface area (Å²) in [6.45, 7) is 7.19. The van der Waals surface area contributed by atoms with Crippen LogP contribution in [0.1, 0.15) is 44.5 Å². The minimum atomic E-state index is -4.45. The van der Waals surface area contributed by atoms with Gasteiger partial charge in [0, 0.05) is 17.9 Å². The third-order valence-corrected chi connectivity index (χ3v) is 8.06. The molecule has 0 saturated carbocycles. The van der Waals surface area contributed by atoms with E-state index in [9.17, 15) is 31.2 Å². The first kappa shape index (κ1) is 39.6. The van der Waals surface area contributed by atoms with Crippen LogP contribution in [0.25, 0.3) is 5.69 Å². The number of benzene rings is 2. The predicted molar refractivity (Wildman–Crippen MR) is 176 cm³/mol. The summed E-state index contributed by atoms with van der Waals surface area (Å²) in [7, 11) is -3.14. The van der Waals surface area contributed by atoms with Crippen molar-refractivity contribution in [2.24, 2.45) is 0 Å². The Kier molecular flexibility index (Phi) is 12.8. The fourth-order valence-corrected chi connectivity index (χ4v) is 5.50. The molecule has 0 aliphatic rings. The normalized spacial score (nSPS) is 11.5. The molecule has 4 aromatic rings. The summed E-state index contributed by atoms with van der Waals surface area (Å²) in [5.41, 5.74) is -0.174. The number of nitrogens with one attached hydrogen (secondary N) is 2. The minimum absolute atomic E-state index is 0.0434. The summed E-state index contributed by atoms with van der Waals surface area (Å²) in [4.78, 5) is 34.9. The Morgan fingerprint density at radius 3 is 2.38 bits per heavy atom. The van der Waals surface area contributed by atoms with E-state index in [1.54, 1.807) is 4.72 Å². The van der Waals surface area contributed by atoms with Crippen LogP contribution in [0.2, 0.25) is 10.0 Å². The molecular weight excluding hydrogens is 730 g/mol. The number of hydrogen-bond acceptors (Lipinski definition) is 11. The summed E-state index contributed by atoms with van der Waals surface area (Å²) in [5.74, 6) is 2.26. The van der Waals surface area contributed by atoms with Crippen molar-refractivity contribution in [2.75, 3.05) is 19.0 Å². The molecule has 0 spiro atoms. The van der Waals surface area contributed by atoms with E-state index in [4.69, 9.17) is 43.5 Å². The molecule has 20 heteroatoms. The molecule has 0 radical (unpaired) electrons. The lowest BCUT2D eigenvalue weighted by Gasteiger charge is -2.13. The Bertz CT molecular complexity index is 2060. The zero-order chi connectivity index (χ0) is 37.4. The lowest BCUT2D eigenvalue weighted by molar-refractivity contribution is -0.134. The highest BCUT2D eigenvalue weighted by Gasteiger charge is 2.29. The van der Waals surface area contributed by atoms with Crippen LogP contribution in [0.3, 0.4) is 0 Å². The lowest BCUT2D eigenvalue weighted by Crippen LogP contribution is -2.35. The number of nitrogens with zero attached hydrogens (tertiary/aromatic N) is 5. The van der Waals surface area contributed by atoms with Crippen LogP contribution in [0.15, 0.2) is 50.5 Å². The fourth-order valence-electron chi connectivity index (χ4n) is 3.80. The number of urea groups is 1. The molecule has 4 rings (SSSR count). The number of terminal acetylenes is 1. The van der Waals surface area contributed by atoms with Crippen LogP contribution < -0.4 is 25.3 Å². The smallest absolute Gasteiger partial charge is 0.442 e. The number of carbonyl (C=O) groups is 1. The van der Waals surface area contributed by atoms with Crippen molar-refractivity contribution in [1.29, 1.82) is 0 Å². The van der Waals surface area contributed by atoms with E-state index in [0.29, 0.717) is 17.3 Å². The Hall–Kier alpha value is -4.86. The Labute approximate surface area is 294 Å². The van der Waals surface area contributed by atoms with Crippen LogP contribution in [0.5, 0.6) is 11.8 Å². The number of hydrogen-bond donors (Lipinski definition) is 2. The molecule has 2 aromatic carbocycles. The quantitative estimate of drug-likeness (QED) is 0.202. The first-order chi connectivity index (χ1) is 23.2. The summed E-state index contributed by atoms with van der Waals surface area (Å²) in [5, 5.41) is 6.82. The largest absolute Gasteiger partial charge is 0.479 e. The molecule has 14 nitrogen and oxygen atoms in total. The maximum atomic E-state index is 12.5. The van der Waals surface area contributed by atoms with E-state index in [-0.39, 0.29) is 40.0 Å². The maximum Gasteiger partial charge on any atom is 0.442 e. The summed E-state index contributed by atoms with van der Waals surface area (Å²) in [6.07, 6.45) is -1.04. The van der Waals surface area contributed by atoms with Gasteiger partial charge in [0.2, 0.25) is 11.8 Å². The van der Waals surface area contributed by atoms with Crippen LogP contribution in [0, 0.1) is 19.3 Å². The van der Waals surface area contributed by atoms with E-state index >= 15 is 0 Å². The van der Waals surface area contributed by atoms with Crippen molar-refractivity contribution in [3.8, 4) is 29.8 Å². The minimum Gasteiger partial charge on any atom is -0.479 e. The van der Waals surface area contributed by atoms with E-state index in [1.165, 1.54) is 44.4 Å². The SMILES string of the molecule is C#CCOc1cc(-n2nc(C(C)(C)C)oc2=O)c(Cl)cc1Cl.COc1nc(C)nc(NC(=O)NS(=O)(=O)c2ccccc2CCC(F)(F)F)n1. The van der Waals surface area contributed by atoms with Gasteiger partial charge in [-0.05, 0) is 31.0 Å². The molecule has 0 aliphatic carbocycles. The second-order valence-corrected chi connectivity index (χ2v) is 13.5. The molecule has 0 aliphatic heterocycles. The standard InChI is InChI=1S/C15H14Cl2N2O3.C15H16F3N5O4S/c1-5-6-21-12-8-11(9(16)7-10(12)17)19-14(20)22-13(18-19)15(2,3)4;1-9-19-12(22-14(20-9)27-2)21-13(24)23-28(25,26)11-6-4-3-5-10(11)7-8-15(16,17)18/h1,7-8H,6H2,2-4H3;3-6H,7-8H2,1-2H3,(H2,19,20,21,22,23,24). The molecule has 2 aromatic heterocycles. The molecule has 50 heavy (non-hydrogen) atoms. The zero-order valence-electron chi connectivity index (χ0n) is 27.1. The summed E-state index contributed by atoms with van der Waals surface area (Å²) in [6, 6.07) is 6.77. The zero-order valence-corrected chi connectivity index (χ0v) is 29.4. The van der Waals surface area contributed by atoms with Crippen LogP contribution in [0.4, 0.5) is 23.9 Å². The van der Waals surface area contributed by atoms with Crippen LogP contribution in [-0.4, -0.2) is 59.1 Å². The van der Waals surface area contributed by atoms with E-state index in [2.05, 4.69) is 31.3 Å². The van der Waals surface area contributed by atoms with Gasteiger partial charge in [0.15, 0.2) is 0 Å². The Morgan fingerprint density at radius 1 is 1.10 bits per heavy atom. The first-order valence-electron chi connectivity index (χ1n) is 14.2. The van der Waals surface area contributed by atoms with Crippen molar-refractivity contribution >= 4 is 45.2 Å². The van der Waals surface area contributed by atoms with Gasteiger partial charge in [-0.1, -0.05) is 68.1 Å². The van der Waals surface area contributed by atoms with Gasteiger partial charge in [-0.25, -0.2) is 22.7 Å². The number of aromatic nitrogens is 5. The topological polar surface area (TPSA) is 180 Å². The van der Waals surface area contributed by atoms with E-state index < -0.39 is 51.1 Å². The highest BCUT2D eigenvalue weighted by atomic mass is 35.5. The van der Waals surface area contributed by atoms with Gasteiger partial charge >= 0.3 is 24.0 Å². The molecule has 2 heterocycles. The first-order valence-corrected chi connectivity index (χ1v) is 16.4. The highest BCUT2D eigenvalue weighted by Crippen LogP contribution is 2.33. The number of alkyl halides is 3. The average molecular weight is 761 g/mol. The number of carbonyl (C=O) groups excluding carboxylic acids is 1. The van der Waals surface area contributed by atoms with Crippen molar-refractivity contribution in [3.63, 3.8) is 0 Å². The fraction of sp³-hybridized carbons (Fsp3) is 0.333. The molecule has 2 N–H and O–H groups in total. The number of aryl methyl sites for hydroxylation is 2. The Balaban J connectivity index is 0.000000278. The van der Waals surface area contributed by atoms with Gasteiger partial charge in [0.1, 0.15) is 18.2 Å². The predicted octanol–water partition coefficient (Wildman–Crippen LogP) is 5.64. The molecule has 0 atom stereocenters. The number of rotatable bonds is 9. The summed E-state index contributed by atoms with van der Waals surface area (Å²) < 4.78 is 80.3. The molecule has 2 amide bonds. The van der Waals surface area contributed by atoms with Crippen molar-refractivity contribution in [3.05, 3.63) is 74.3 Å². The van der Waals surface area contributed by atoms with Crippen LogP contribution >= 0.6 is 23.2 Å². The van der Waals surface area contributed by atoms with Gasteiger partial charge in [0.05, 0.1) is 27.7 Å². The average Bonchev–Trinajstić information content (AvgIpc) is 3.41. The number of ether oxygens (including phenoxy) is 2. The number of sulfonamides is 1. The second kappa shape index (κ2) is 16.2. The van der Waals surface area contributed by atoms with Crippen molar-refractivity contribution in [2.45, 2.75) is 57.0 Å². The number of amides is 2. The lowest BCUT2D eigenvalue weighted by atomic mass is 9.97. The molecule has 0 bridgehead atoms. The second-order valence-electron chi connectivity index (χ2n) is 11.0. The molecule has 268 valence electrons. The van der Waals surface area contributed by atoms with Crippen molar-refractivity contribution < 1.29 is 40.3 Å². The molecule has 0 fully saturated rings. The number of anilines is 1.